The van der Waals surface area contributed by atoms with Crippen LogP contribution in [-0.4, -0.2) is 22.1 Å². The number of phenolic OH excluding ortho intramolecular Hbond substituents is 1. The molecule has 0 bridgehead atoms. The first-order chi connectivity index (χ1) is 7.99. The van der Waals surface area contributed by atoms with E-state index in [1.165, 1.54) is 6.07 Å². The summed E-state index contributed by atoms with van der Waals surface area (Å²) in [5.41, 5.74) is -0.373. The quantitative estimate of drug-likeness (QED) is 0.337. The zero-order valence-electron chi connectivity index (χ0n) is 8.25. The first-order valence-corrected chi connectivity index (χ1v) is 4.48. The van der Waals surface area contributed by atoms with Crippen LogP contribution in [0.2, 0.25) is 0 Å². The summed E-state index contributed by atoms with van der Waals surface area (Å²) >= 11 is 0. The van der Waals surface area contributed by atoms with E-state index in [0.717, 1.165) is 12.1 Å². The number of nitrogens with zero attached hydrogens (tertiary/aromatic N) is 1. The number of aromatic hydroxyl groups is 1. The number of esters is 1. The average Bonchev–Trinajstić information content (AvgIpc) is 2.58. The van der Waals surface area contributed by atoms with Crippen molar-refractivity contribution >= 4 is 17.7 Å². The van der Waals surface area contributed by atoms with Gasteiger partial charge in [0, 0.05) is 6.07 Å². The summed E-state index contributed by atoms with van der Waals surface area (Å²) in [7, 11) is 0. The third-order valence-electron chi connectivity index (χ3n) is 2.22. The number of cyclic esters (lactones) is 2. The van der Waals surface area contributed by atoms with E-state index in [1.54, 1.807) is 0 Å². The predicted molar refractivity (Wildman–Crippen MR) is 52.1 cm³/mol. The molecule has 0 aromatic heterocycles. The fraction of sp³-hybridized carbons (Fsp3) is 0.111. The molecule has 2 rings (SSSR count). The molecular formula is C9H6N2O6. The SMILES string of the molecule is O=C1NC(c2ccc(O)c([N+](=O)[O-])c2)C(=O)O1. The van der Waals surface area contributed by atoms with Gasteiger partial charge in [-0.15, -0.1) is 0 Å². The Morgan fingerprint density at radius 2 is 2.12 bits per heavy atom. The Balaban J connectivity index is 2.40. The minimum Gasteiger partial charge on any atom is -0.502 e. The van der Waals surface area contributed by atoms with Crippen LogP contribution >= 0.6 is 0 Å². The molecule has 0 aliphatic carbocycles. The smallest absolute Gasteiger partial charge is 0.415 e. The lowest BCUT2D eigenvalue weighted by molar-refractivity contribution is -0.385. The first-order valence-electron chi connectivity index (χ1n) is 4.48. The van der Waals surface area contributed by atoms with E-state index in [0.29, 0.717) is 0 Å². The van der Waals surface area contributed by atoms with Gasteiger partial charge in [0.25, 0.3) is 0 Å². The second-order valence-electron chi connectivity index (χ2n) is 3.29. The molecule has 2 N–H and O–H groups in total. The van der Waals surface area contributed by atoms with Crippen molar-refractivity contribution in [3.63, 3.8) is 0 Å². The van der Waals surface area contributed by atoms with Gasteiger partial charge in [0.1, 0.15) is 0 Å². The van der Waals surface area contributed by atoms with Crippen molar-refractivity contribution in [1.82, 2.24) is 5.32 Å². The highest BCUT2D eigenvalue weighted by Crippen LogP contribution is 2.30. The number of hydrogen-bond donors (Lipinski definition) is 2. The molecule has 1 unspecified atom stereocenters. The van der Waals surface area contributed by atoms with Gasteiger partial charge in [0.2, 0.25) is 0 Å². The second kappa shape index (κ2) is 3.74. The standard InChI is InChI=1S/C9H6N2O6/c12-6-2-1-4(3-5(6)11(15)16)7-8(13)17-9(14)10-7/h1-3,7,12H,(H,10,14). The summed E-state index contributed by atoms with van der Waals surface area (Å²) in [6, 6.07) is 2.29. The van der Waals surface area contributed by atoms with Crippen molar-refractivity contribution in [3.05, 3.63) is 33.9 Å². The van der Waals surface area contributed by atoms with E-state index >= 15 is 0 Å². The summed E-state index contributed by atoms with van der Waals surface area (Å²) in [5, 5.41) is 22.0. The van der Waals surface area contributed by atoms with Gasteiger partial charge in [-0.05, 0) is 11.6 Å². The molecule has 1 saturated heterocycles. The Morgan fingerprint density at radius 3 is 2.65 bits per heavy atom. The Hall–Kier alpha value is -2.64. The fourth-order valence-electron chi connectivity index (χ4n) is 1.44. The van der Waals surface area contributed by atoms with E-state index in [4.69, 9.17) is 0 Å². The Kier molecular flexibility index (Phi) is 2.39. The number of phenols is 1. The molecule has 8 heteroatoms. The van der Waals surface area contributed by atoms with Gasteiger partial charge in [-0.3, -0.25) is 10.1 Å². The normalized spacial score (nSPS) is 18.7. The van der Waals surface area contributed by atoms with Crippen LogP contribution in [0.5, 0.6) is 5.75 Å². The number of amides is 1. The van der Waals surface area contributed by atoms with Crippen LogP contribution in [0.3, 0.4) is 0 Å². The van der Waals surface area contributed by atoms with Crippen molar-refractivity contribution < 1.29 is 24.4 Å². The highest BCUT2D eigenvalue weighted by molar-refractivity contribution is 5.96. The number of rotatable bonds is 2. The predicted octanol–water partition coefficient (Wildman–Crippen LogP) is 0.608. The molecule has 1 aliphatic heterocycles. The van der Waals surface area contributed by atoms with Crippen molar-refractivity contribution in [2.75, 3.05) is 0 Å². The van der Waals surface area contributed by atoms with Gasteiger partial charge in [0.05, 0.1) is 4.92 Å². The Bertz CT molecular complexity index is 526. The van der Waals surface area contributed by atoms with Crippen molar-refractivity contribution in [2.24, 2.45) is 0 Å². The summed E-state index contributed by atoms with van der Waals surface area (Å²) in [6.45, 7) is 0. The van der Waals surface area contributed by atoms with Crippen LogP contribution in [0, 0.1) is 10.1 Å². The number of ether oxygens (including phenoxy) is 1. The fourth-order valence-corrected chi connectivity index (χ4v) is 1.44. The van der Waals surface area contributed by atoms with Gasteiger partial charge < -0.3 is 15.2 Å². The number of nitro groups is 1. The summed E-state index contributed by atoms with van der Waals surface area (Å²) in [4.78, 5) is 31.8. The summed E-state index contributed by atoms with van der Waals surface area (Å²) in [5.74, 6) is -1.36. The molecule has 1 fully saturated rings. The lowest BCUT2D eigenvalue weighted by Gasteiger charge is -2.05. The van der Waals surface area contributed by atoms with Crippen LogP contribution < -0.4 is 5.32 Å². The molecular weight excluding hydrogens is 232 g/mol. The van der Waals surface area contributed by atoms with Crippen molar-refractivity contribution in [2.45, 2.75) is 6.04 Å². The first kappa shape index (κ1) is 10.9. The van der Waals surface area contributed by atoms with Crippen LogP contribution in [0.4, 0.5) is 10.5 Å². The lowest BCUT2D eigenvalue weighted by atomic mass is 10.1. The Morgan fingerprint density at radius 1 is 1.41 bits per heavy atom. The van der Waals surface area contributed by atoms with Gasteiger partial charge in [-0.1, -0.05) is 6.07 Å². The Labute approximate surface area is 94.0 Å². The summed E-state index contributed by atoms with van der Waals surface area (Å²) in [6.07, 6.45) is -0.907. The summed E-state index contributed by atoms with van der Waals surface area (Å²) < 4.78 is 4.24. The molecule has 1 aromatic carbocycles. The molecule has 0 saturated carbocycles. The van der Waals surface area contributed by atoms with Crippen molar-refractivity contribution in [3.8, 4) is 5.75 Å². The van der Waals surface area contributed by atoms with E-state index < -0.39 is 34.5 Å². The van der Waals surface area contributed by atoms with Gasteiger partial charge >= 0.3 is 17.7 Å². The maximum absolute atomic E-state index is 11.2. The molecule has 88 valence electrons. The molecule has 1 aliphatic rings. The molecule has 8 nitrogen and oxygen atoms in total. The number of carbonyl (C=O) groups excluding carboxylic acids is 2. The molecule has 0 radical (unpaired) electrons. The van der Waals surface area contributed by atoms with E-state index in [2.05, 4.69) is 10.1 Å². The number of benzene rings is 1. The monoisotopic (exact) mass is 238 g/mol. The van der Waals surface area contributed by atoms with Gasteiger partial charge in [0.15, 0.2) is 11.8 Å². The average molecular weight is 238 g/mol. The number of nitro benzene ring substituents is 1. The third-order valence-corrected chi connectivity index (χ3v) is 2.22. The number of carbonyl (C=O) groups is 2. The molecule has 1 amide bonds. The van der Waals surface area contributed by atoms with Crippen LogP contribution in [0.1, 0.15) is 11.6 Å². The third kappa shape index (κ3) is 1.87. The molecule has 1 aromatic rings. The molecule has 17 heavy (non-hydrogen) atoms. The van der Waals surface area contributed by atoms with Crippen molar-refractivity contribution in [1.29, 1.82) is 0 Å². The van der Waals surface area contributed by atoms with Gasteiger partial charge in [-0.25, -0.2) is 9.59 Å². The van der Waals surface area contributed by atoms with Crippen LogP contribution in [-0.2, 0) is 9.53 Å². The number of hydrogen-bond acceptors (Lipinski definition) is 6. The minimum atomic E-state index is -1.08. The number of alkyl carbamates (subject to hydrolysis) is 1. The molecule has 1 heterocycles. The zero-order valence-corrected chi connectivity index (χ0v) is 8.25. The van der Waals surface area contributed by atoms with Crippen LogP contribution in [0.15, 0.2) is 18.2 Å². The minimum absolute atomic E-state index is 0.172. The van der Waals surface area contributed by atoms with E-state index in [1.807, 2.05) is 0 Å². The van der Waals surface area contributed by atoms with Crippen LogP contribution in [0.25, 0.3) is 0 Å². The largest absolute Gasteiger partial charge is 0.502 e. The molecule has 0 spiro atoms. The highest BCUT2D eigenvalue weighted by Gasteiger charge is 2.34. The highest BCUT2D eigenvalue weighted by atomic mass is 16.6. The number of nitrogens with one attached hydrogen (secondary N) is 1. The topological polar surface area (TPSA) is 119 Å². The van der Waals surface area contributed by atoms with Gasteiger partial charge in [-0.2, -0.15) is 0 Å². The zero-order chi connectivity index (χ0) is 12.6. The van der Waals surface area contributed by atoms with E-state index in [-0.39, 0.29) is 5.56 Å². The van der Waals surface area contributed by atoms with E-state index in [9.17, 15) is 24.8 Å². The molecule has 1 atom stereocenters. The maximum Gasteiger partial charge on any atom is 0.415 e. The maximum atomic E-state index is 11.2. The lowest BCUT2D eigenvalue weighted by Crippen LogP contribution is -2.19. The second-order valence-corrected chi connectivity index (χ2v) is 3.29.